The van der Waals surface area contributed by atoms with Gasteiger partial charge >= 0.3 is 0 Å². The third-order valence-electron chi connectivity index (χ3n) is 8.36. The van der Waals surface area contributed by atoms with E-state index in [0.717, 1.165) is 55.2 Å². The van der Waals surface area contributed by atoms with Gasteiger partial charge in [0.1, 0.15) is 18.1 Å². The Kier molecular flexibility index (Phi) is 8.06. The zero-order chi connectivity index (χ0) is 26.5. The Morgan fingerprint density at radius 1 is 1.03 bits per heavy atom. The van der Waals surface area contributed by atoms with Crippen LogP contribution in [0.2, 0.25) is 0 Å². The van der Waals surface area contributed by atoms with Gasteiger partial charge in [0.25, 0.3) is 5.91 Å². The first-order valence-electron chi connectivity index (χ1n) is 14.3. The number of carbonyl (C=O) groups excluding carboxylic acids is 2. The van der Waals surface area contributed by atoms with E-state index in [4.69, 9.17) is 4.74 Å². The number of nitrogens with zero attached hydrogens (tertiary/aromatic N) is 1. The highest BCUT2D eigenvalue weighted by molar-refractivity contribution is 5.98. The molecule has 0 unspecified atom stereocenters. The summed E-state index contributed by atoms with van der Waals surface area (Å²) in [5.74, 6) is 1.54. The predicted octanol–water partition coefficient (Wildman–Crippen LogP) is 6.12. The molecule has 2 aromatic carbocycles. The number of aromatic nitrogens is 1. The highest BCUT2D eigenvalue weighted by atomic mass is 16.5. The number of amides is 2. The molecule has 2 aliphatic heterocycles. The first kappa shape index (κ1) is 26.3. The van der Waals surface area contributed by atoms with Gasteiger partial charge < -0.3 is 19.9 Å². The Morgan fingerprint density at radius 2 is 1.79 bits per heavy atom. The fraction of sp³-hybridized carbons (Fsp3) is 0.500. The minimum Gasteiger partial charge on any atom is -0.491 e. The van der Waals surface area contributed by atoms with Crippen LogP contribution in [-0.4, -0.2) is 47.4 Å². The molecule has 5 rings (SSSR count). The van der Waals surface area contributed by atoms with Crippen LogP contribution < -0.4 is 10.1 Å². The van der Waals surface area contributed by atoms with E-state index in [0.29, 0.717) is 44.1 Å². The van der Waals surface area contributed by atoms with Gasteiger partial charge in [0, 0.05) is 24.0 Å². The lowest BCUT2D eigenvalue weighted by atomic mass is 9.73. The lowest BCUT2D eigenvalue weighted by Crippen LogP contribution is -2.53. The molecule has 3 aromatic rings. The third-order valence-corrected chi connectivity index (χ3v) is 8.36. The second-order valence-corrected chi connectivity index (χ2v) is 11.6. The van der Waals surface area contributed by atoms with E-state index in [1.54, 1.807) is 0 Å². The number of para-hydroxylation sites is 2. The van der Waals surface area contributed by atoms with Crippen molar-refractivity contribution in [2.75, 3.05) is 19.7 Å². The second-order valence-electron chi connectivity index (χ2n) is 11.6. The summed E-state index contributed by atoms with van der Waals surface area (Å²) in [7, 11) is 0. The Morgan fingerprint density at radius 3 is 2.58 bits per heavy atom. The molecule has 1 atom stereocenters. The standard InChI is InChI=1S/C32H41N3O3/c1-23(2)20-26-22-38-29-14-8-6-11-24(29)10-4-3-9-15-32(31(37)33-26)16-18-35(19-17-32)30(36)28-21-25-12-5-7-13-27(25)34-28/h5-8,11-14,21,23,26,34H,3-4,9-10,15-20,22H2,1-2H3,(H,33,37)/t26-/m0/s1. The number of aromatic amines is 1. The van der Waals surface area contributed by atoms with Gasteiger partial charge in [-0.15, -0.1) is 0 Å². The van der Waals surface area contributed by atoms with Crippen molar-refractivity contribution < 1.29 is 14.3 Å². The number of hydrogen-bond acceptors (Lipinski definition) is 3. The van der Waals surface area contributed by atoms with Crippen LogP contribution >= 0.6 is 0 Å². The number of nitrogens with one attached hydrogen (secondary N) is 2. The van der Waals surface area contributed by atoms with E-state index in [9.17, 15) is 9.59 Å². The average molecular weight is 516 g/mol. The van der Waals surface area contributed by atoms with E-state index in [1.165, 1.54) is 5.56 Å². The van der Waals surface area contributed by atoms with Crippen molar-refractivity contribution in [3.05, 3.63) is 65.9 Å². The van der Waals surface area contributed by atoms with Crippen LogP contribution in [0.25, 0.3) is 10.9 Å². The molecule has 1 saturated heterocycles. The van der Waals surface area contributed by atoms with E-state index >= 15 is 0 Å². The summed E-state index contributed by atoms with van der Waals surface area (Å²) in [6, 6.07) is 18.2. The van der Waals surface area contributed by atoms with E-state index < -0.39 is 5.41 Å². The molecule has 0 radical (unpaired) electrons. The summed E-state index contributed by atoms with van der Waals surface area (Å²) in [6.07, 6.45) is 7.29. The molecule has 0 saturated carbocycles. The quantitative estimate of drug-likeness (QED) is 0.442. The van der Waals surface area contributed by atoms with Crippen molar-refractivity contribution >= 4 is 22.7 Å². The summed E-state index contributed by atoms with van der Waals surface area (Å²) in [4.78, 5) is 32.4. The van der Waals surface area contributed by atoms with Gasteiger partial charge in [0.05, 0.1) is 11.5 Å². The topological polar surface area (TPSA) is 74.4 Å². The largest absolute Gasteiger partial charge is 0.491 e. The number of piperidine rings is 1. The number of hydrogen-bond donors (Lipinski definition) is 2. The zero-order valence-electron chi connectivity index (χ0n) is 22.8. The first-order valence-corrected chi connectivity index (χ1v) is 14.3. The van der Waals surface area contributed by atoms with Gasteiger partial charge in [-0.2, -0.15) is 0 Å². The summed E-state index contributed by atoms with van der Waals surface area (Å²) >= 11 is 0. The minimum absolute atomic E-state index is 0.0185. The molecule has 1 spiro atoms. The molecule has 1 fully saturated rings. The third kappa shape index (κ3) is 5.90. The molecule has 2 aliphatic rings. The fourth-order valence-corrected chi connectivity index (χ4v) is 6.16. The summed E-state index contributed by atoms with van der Waals surface area (Å²) in [6.45, 7) is 6.04. The molecule has 0 aliphatic carbocycles. The van der Waals surface area contributed by atoms with Crippen molar-refractivity contribution in [3.63, 3.8) is 0 Å². The number of carbonyl (C=O) groups is 2. The van der Waals surface area contributed by atoms with Gasteiger partial charge in [0.15, 0.2) is 0 Å². The fourth-order valence-electron chi connectivity index (χ4n) is 6.16. The van der Waals surface area contributed by atoms with Crippen molar-refractivity contribution in [1.29, 1.82) is 0 Å². The SMILES string of the molecule is CC(C)C[C@H]1COc2ccccc2CCCCCC2(CCN(C(=O)c3cc4ccccc4[nH]3)CC2)C(=O)N1. The normalized spacial score (nSPS) is 20.7. The van der Waals surface area contributed by atoms with Crippen LogP contribution in [0.1, 0.15) is 74.8 Å². The lowest BCUT2D eigenvalue weighted by molar-refractivity contribution is -0.135. The Labute approximate surface area is 226 Å². The zero-order valence-corrected chi connectivity index (χ0v) is 22.8. The van der Waals surface area contributed by atoms with Crippen molar-refractivity contribution in [3.8, 4) is 5.75 Å². The van der Waals surface area contributed by atoms with E-state index in [1.807, 2.05) is 47.4 Å². The van der Waals surface area contributed by atoms with Crippen molar-refractivity contribution in [2.45, 2.75) is 71.3 Å². The van der Waals surface area contributed by atoms with Crippen molar-refractivity contribution in [1.82, 2.24) is 15.2 Å². The second kappa shape index (κ2) is 11.6. The molecule has 3 heterocycles. The molecule has 6 heteroatoms. The molecule has 202 valence electrons. The maximum Gasteiger partial charge on any atom is 0.270 e. The van der Waals surface area contributed by atoms with E-state index in [-0.39, 0.29) is 17.9 Å². The first-order chi connectivity index (χ1) is 18.4. The highest BCUT2D eigenvalue weighted by Gasteiger charge is 2.42. The predicted molar refractivity (Wildman–Crippen MR) is 151 cm³/mol. The monoisotopic (exact) mass is 515 g/mol. The lowest BCUT2D eigenvalue weighted by Gasteiger charge is -2.41. The van der Waals surface area contributed by atoms with Crippen LogP contribution in [0.4, 0.5) is 0 Å². The molecule has 0 bridgehead atoms. The van der Waals surface area contributed by atoms with Gasteiger partial charge in [-0.05, 0) is 68.2 Å². The molecular weight excluding hydrogens is 474 g/mol. The van der Waals surface area contributed by atoms with Gasteiger partial charge in [0.2, 0.25) is 5.91 Å². The van der Waals surface area contributed by atoms with Crippen LogP contribution in [0.5, 0.6) is 5.75 Å². The summed E-state index contributed by atoms with van der Waals surface area (Å²) in [5.41, 5.74) is 2.41. The number of fused-ring (bicyclic) bond motifs is 2. The number of benzene rings is 2. The van der Waals surface area contributed by atoms with Crippen LogP contribution in [0.3, 0.4) is 0 Å². The summed E-state index contributed by atoms with van der Waals surface area (Å²) in [5, 5.41) is 4.44. The average Bonchev–Trinajstić information content (AvgIpc) is 3.36. The maximum atomic E-state index is 13.9. The van der Waals surface area contributed by atoms with Crippen LogP contribution in [0, 0.1) is 11.3 Å². The molecule has 2 N–H and O–H groups in total. The Bertz CT molecular complexity index is 1220. The maximum absolute atomic E-state index is 13.9. The molecule has 6 nitrogen and oxygen atoms in total. The summed E-state index contributed by atoms with van der Waals surface area (Å²) < 4.78 is 6.29. The number of ether oxygens (including phenoxy) is 1. The molecule has 38 heavy (non-hydrogen) atoms. The smallest absolute Gasteiger partial charge is 0.270 e. The van der Waals surface area contributed by atoms with Gasteiger partial charge in [-0.3, -0.25) is 9.59 Å². The molecular formula is C32H41N3O3. The number of rotatable bonds is 3. The highest BCUT2D eigenvalue weighted by Crippen LogP contribution is 2.38. The van der Waals surface area contributed by atoms with Gasteiger partial charge in [-0.25, -0.2) is 0 Å². The number of aryl methyl sites for hydroxylation is 1. The molecule has 2 amide bonds. The van der Waals surface area contributed by atoms with Gasteiger partial charge in [-0.1, -0.05) is 63.1 Å². The molecule has 1 aromatic heterocycles. The van der Waals surface area contributed by atoms with Crippen LogP contribution in [-0.2, 0) is 11.2 Å². The Balaban J connectivity index is 1.30. The van der Waals surface area contributed by atoms with Crippen molar-refractivity contribution in [2.24, 2.45) is 11.3 Å². The number of H-pyrrole nitrogens is 1. The Hall–Kier alpha value is -3.28. The number of likely N-dealkylation sites (tertiary alicyclic amines) is 1. The minimum atomic E-state index is -0.437. The van der Waals surface area contributed by atoms with E-state index in [2.05, 4.69) is 36.3 Å². The van der Waals surface area contributed by atoms with Crippen LogP contribution in [0.15, 0.2) is 54.6 Å².